The van der Waals surface area contributed by atoms with Crippen LogP contribution in [0.4, 0.5) is 0 Å². The van der Waals surface area contributed by atoms with Crippen LogP contribution in [-0.2, 0) is 9.59 Å². The number of carbonyl (C=O) groups is 2. The van der Waals surface area contributed by atoms with Gasteiger partial charge in [0.05, 0.1) is 11.8 Å². The molecule has 1 fully saturated rings. The number of piperazine rings is 1. The molecule has 0 spiro atoms. The van der Waals surface area contributed by atoms with E-state index in [4.69, 9.17) is 0 Å². The van der Waals surface area contributed by atoms with Crippen LogP contribution in [0.25, 0.3) is 0 Å². The summed E-state index contributed by atoms with van der Waals surface area (Å²) in [7, 11) is 0. The minimum absolute atomic E-state index is 0.0641. The molecule has 36 heavy (non-hydrogen) atoms. The summed E-state index contributed by atoms with van der Waals surface area (Å²) >= 11 is 0. The SMILES string of the molecule is CCC(C(=O)NCCCN1CCN(CCCNC(=O)C(CC)c2ccccc2)CC1)c1ccccc1. The molecule has 2 aromatic rings. The van der Waals surface area contributed by atoms with Crippen molar-refractivity contribution < 1.29 is 9.59 Å². The van der Waals surface area contributed by atoms with E-state index in [1.165, 1.54) is 0 Å². The van der Waals surface area contributed by atoms with Gasteiger partial charge in [0.15, 0.2) is 0 Å². The van der Waals surface area contributed by atoms with E-state index in [-0.39, 0.29) is 23.7 Å². The normalized spacial score (nSPS) is 16.3. The predicted octanol–water partition coefficient (Wildman–Crippen LogP) is 4.00. The fourth-order valence-corrected chi connectivity index (χ4v) is 5.03. The summed E-state index contributed by atoms with van der Waals surface area (Å²) in [6, 6.07) is 20.1. The van der Waals surface area contributed by atoms with Gasteiger partial charge in [-0.25, -0.2) is 0 Å². The molecule has 0 aliphatic carbocycles. The number of nitrogens with one attached hydrogen (secondary N) is 2. The monoisotopic (exact) mass is 492 g/mol. The Morgan fingerprint density at radius 3 is 1.36 bits per heavy atom. The molecular weight excluding hydrogens is 448 g/mol. The van der Waals surface area contributed by atoms with Crippen LogP contribution in [0, 0.1) is 0 Å². The Morgan fingerprint density at radius 2 is 1.03 bits per heavy atom. The Morgan fingerprint density at radius 1 is 0.667 bits per heavy atom. The van der Waals surface area contributed by atoms with Crippen molar-refractivity contribution in [2.75, 3.05) is 52.4 Å². The molecule has 2 N–H and O–H groups in total. The molecule has 1 saturated heterocycles. The van der Waals surface area contributed by atoms with E-state index < -0.39 is 0 Å². The summed E-state index contributed by atoms with van der Waals surface area (Å²) in [6.45, 7) is 11.9. The molecule has 2 unspecified atom stereocenters. The maximum atomic E-state index is 12.6. The topological polar surface area (TPSA) is 64.7 Å². The van der Waals surface area contributed by atoms with Gasteiger partial charge in [-0.3, -0.25) is 9.59 Å². The van der Waals surface area contributed by atoms with Crippen molar-refractivity contribution in [1.82, 2.24) is 20.4 Å². The molecule has 6 nitrogen and oxygen atoms in total. The van der Waals surface area contributed by atoms with E-state index in [9.17, 15) is 9.59 Å². The van der Waals surface area contributed by atoms with Crippen molar-refractivity contribution in [2.24, 2.45) is 0 Å². The van der Waals surface area contributed by atoms with Crippen LogP contribution in [0.5, 0.6) is 0 Å². The second-order valence-electron chi connectivity index (χ2n) is 9.72. The zero-order valence-electron chi connectivity index (χ0n) is 22.1. The van der Waals surface area contributed by atoms with Gasteiger partial charge in [0.25, 0.3) is 0 Å². The maximum Gasteiger partial charge on any atom is 0.227 e. The van der Waals surface area contributed by atoms with E-state index in [0.717, 1.165) is 89.2 Å². The highest BCUT2D eigenvalue weighted by Crippen LogP contribution is 2.20. The number of hydrogen-bond donors (Lipinski definition) is 2. The summed E-state index contributed by atoms with van der Waals surface area (Å²) in [5, 5.41) is 6.27. The Hall–Kier alpha value is -2.70. The number of amides is 2. The average molecular weight is 493 g/mol. The van der Waals surface area contributed by atoms with Gasteiger partial charge in [-0.2, -0.15) is 0 Å². The highest BCUT2D eigenvalue weighted by molar-refractivity contribution is 5.84. The lowest BCUT2D eigenvalue weighted by Gasteiger charge is -2.34. The second-order valence-corrected chi connectivity index (χ2v) is 9.72. The molecule has 1 aliphatic rings. The van der Waals surface area contributed by atoms with Crippen molar-refractivity contribution in [3.8, 4) is 0 Å². The van der Waals surface area contributed by atoms with Crippen molar-refractivity contribution >= 4 is 11.8 Å². The zero-order valence-corrected chi connectivity index (χ0v) is 22.1. The Bertz CT molecular complexity index is 822. The van der Waals surface area contributed by atoms with Crippen molar-refractivity contribution in [2.45, 2.75) is 51.4 Å². The van der Waals surface area contributed by atoms with Crippen LogP contribution >= 0.6 is 0 Å². The standard InChI is InChI=1S/C30H44N4O2/c1-3-27(25-13-7-5-8-14-25)29(35)31-17-11-19-33-21-23-34(24-22-33)20-12-18-32-30(36)28(4-2)26-15-9-6-10-16-26/h5-10,13-16,27-28H,3-4,11-12,17-24H2,1-2H3,(H,31,35)(H,32,36). The van der Waals surface area contributed by atoms with Gasteiger partial charge in [-0.15, -0.1) is 0 Å². The first-order chi connectivity index (χ1) is 17.6. The fraction of sp³-hybridized carbons (Fsp3) is 0.533. The van der Waals surface area contributed by atoms with Crippen molar-refractivity contribution in [3.63, 3.8) is 0 Å². The third-order valence-electron chi connectivity index (χ3n) is 7.22. The molecule has 2 aromatic carbocycles. The molecule has 0 aromatic heterocycles. The maximum absolute atomic E-state index is 12.6. The van der Waals surface area contributed by atoms with Crippen LogP contribution in [-0.4, -0.2) is 74.0 Å². The largest absolute Gasteiger partial charge is 0.356 e. The molecule has 3 rings (SSSR count). The predicted molar refractivity (Wildman–Crippen MR) is 147 cm³/mol. The van der Waals surface area contributed by atoms with Gasteiger partial charge < -0.3 is 20.4 Å². The van der Waals surface area contributed by atoms with E-state index in [1.54, 1.807) is 0 Å². The molecule has 2 amide bonds. The van der Waals surface area contributed by atoms with E-state index in [0.29, 0.717) is 0 Å². The van der Waals surface area contributed by atoms with Crippen molar-refractivity contribution in [3.05, 3.63) is 71.8 Å². The number of nitrogens with zero attached hydrogens (tertiary/aromatic N) is 2. The van der Waals surface area contributed by atoms with Crippen LogP contribution in [0.1, 0.15) is 62.5 Å². The molecule has 1 heterocycles. The van der Waals surface area contributed by atoms with Crippen LogP contribution in [0.2, 0.25) is 0 Å². The number of rotatable bonds is 14. The highest BCUT2D eigenvalue weighted by atomic mass is 16.2. The summed E-state index contributed by atoms with van der Waals surface area (Å²) in [4.78, 5) is 30.2. The molecule has 6 heteroatoms. The molecule has 0 saturated carbocycles. The summed E-state index contributed by atoms with van der Waals surface area (Å²) in [6.07, 6.45) is 3.58. The van der Waals surface area contributed by atoms with Gasteiger partial charge in [0.1, 0.15) is 0 Å². The van der Waals surface area contributed by atoms with Gasteiger partial charge in [-0.1, -0.05) is 74.5 Å². The lowest BCUT2D eigenvalue weighted by molar-refractivity contribution is -0.123. The molecule has 0 bridgehead atoms. The first-order valence-corrected chi connectivity index (χ1v) is 13.7. The summed E-state index contributed by atoms with van der Waals surface area (Å²) in [5.41, 5.74) is 2.18. The second kappa shape index (κ2) is 15.4. The van der Waals surface area contributed by atoms with E-state index in [2.05, 4.69) is 34.3 Å². The molecule has 0 radical (unpaired) electrons. The smallest absolute Gasteiger partial charge is 0.227 e. The average Bonchev–Trinajstić information content (AvgIpc) is 2.92. The minimum atomic E-state index is -0.0641. The molecule has 2 atom stereocenters. The summed E-state index contributed by atoms with van der Waals surface area (Å²) in [5.74, 6) is 0.140. The minimum Gasteiger partial charge on any atom is -0.356 e. The molecular formula is C30H44N4O2. The Labute approximate surface area is 217 Å². The number of carbonyl (C=O) groups excluding carboxylic acids is 2. The lowest BCUT2D eigenvalue weighted by atomic mass is 9.96. The van der Waals surface area contributed by atoms with Gasteiger partial charge in [0.2, 0.25) is 11.8 Å². The molecule has 196 valence electrons. The van der Waals surface area contributed by atoms with Crippen molar-refractivity contribution in [1.29, 1.82) is 0 Å². The van der Waals surface area contributed by atoms with Gasteiger partial charge in [-0.05, 0) is 49.9 Å². The zero-order chi connectivity index (χ0) is 25.6. The van der Waals surface area contributed by atoms with E-state index >= 15 is 0 Å². The fourth-order valence-electron chi connectivity index (χ4n) is 5.03. The summed E-state index contributed by atoms with van der Waals surface area (Å²) < 4.78 is 0. The highest BCUT2D eigenvalue weighted by Gasteiger charge is 2.20. The first kappa shape index (κ1) is 27.9. The van der Waals surface area contributed by atoms with Crippen LogP contribution < -0.4 is 10.6 Å². The van der Waals surface area contributed by atoms with Crippen LogP contribution in [0.15, 0.2) is 60.7 Å². The first-order valence-electron chi connectivity index (χ1n) is 13.7. The van der Waals surface area contributed by atoms with Gasteiger partial charge in [0, 0.05) is 39.3 Å². The third kappa shape index (κ3) is 8.75. The number of benzene rings is 2. The molecule has 1 aliphatic heterocycles. The quantitative estimate of drug-likeness (QED) is 0.391. The van der Waals surface area contributed by atoms with E-state index in [1.807, 2.05) is 60.7 Å². The van der Waals surface area contributed by atoms with Crippen LogP contribution in [0.3, 0.4) is 0 Å². The van der Waals surface area contributed by atoms with Gasteiger partial charge >= 0.3 is 0 Å². The number of hydrogen-bond acceptors (Lipinski definition) is 4. The third-order valence-corrected chi connectivity index (χ3v) is 7.22. The lowest BCUT2D eigenvalue weighted by Crippen LogP contribution is -2.47. The Kier molecular flexibility index (Phi) is 11.9. The Balaban J connectivity index is 1.25.